The lowest BCUT2D eigenvalue weighted by molar-refractivity contribution is 0.274. The van der Waals surface area contributed by atoms with Gasteiger partial charge in [-0.25, -0.2) is 0 Å². The Hall–Kier alpha value is -0.560. The van der Waals surface area contributed by atoms with E-state index in [0.29, 0.717) is 12.0 Å². The van der Waals surface area contributed by atoms with Crippen LogP contribution in [0.15, 0.2) is 24.3 Å². The zero-order valence-electron chi connectivity index (χ0n) is 9.02. The van der Waals surface area contributed by atoms with Crippen LogP contribution in [0.3, 0.4) is 0 Å². The van der Waals surface area contributed by atoms with Crippen LogP contribution in [0.1, 0.15) is 32.6 Å². The molecule has 1 nitrogen and oxygen atoms in total. The third-order valence-corrected chi connectivity index (χ3v) is 3.64. The molecule has 0 aliphatic heterocycles. The fourth-order valence-electron chi connectivity index (χ4n) is 2.84. The normalized spacial score (nSPS) is 42.7. The predicted octanol–water partition coefficient (Wildman–Crippen LogP) is 2.88. The predicted molar refractivity (Wildman–Crippen MR) is 60.9 cm³/mol. The first kappa shape index (κ1) is 9.97. The molecule has 0 radical (unpaired) electrons. The van der Waals surface area contributed by atoms with Gasteiger partial charge in [0.1, 0.15) is 0 Å². The van der Waals surface area contributed by atoms with Crippen molar-refractivity contribution >= 4 is 0 Å². The van der Waals surface area contributed by atoms with Crippen LogP contribution in [-0.4, -0.2) is 6.04 Å². The molecule has 2 rings (SSSR count). The molecular formula is C13H21N. The average molecular weight is 191 g/mol. The van der Waals surface area contributed by atoms with Crippen LogP contribution in [-0.2, 0) is 0 Å². The molecule has 0 saturated carbocycles. The minimum Gasteiger partial charge on any atom is -0.327 e. The second-order valence-electron chi connectivity index (χ2n) is 4.88. The molecule has 0 aromatic carbocycles. The third kappa shape index (κ3) is 2.09. The first-order chi connectivity index (χ1) is 6.77. The largest absolute Gasteiger partial charge is 0.327 e. The summed E-state index contributed by atoms with van der Waals surface area (Å²) in [6.07, 6.45) is 14.3. The van der Waals surface area contributed by atoms with Gasteiger partial charge in [-0.05, 0) is 43.4 Å². The summed E-state index contributed by atoms with van der Waals surface area (Å²) in [6, 6.07) is 0.406. The van der Waals surface area contributed by atoms with Crippen LogP contribution in [0.5, 0.6) is 0 Å². The van der Waals surface area contributed by atoms with Crippen LogP contribution < -0.4 is 5.73 Å². The highest BCUT2D eigenvalue weighted by atomic mass is 14.7. The molecule has 0 amide bonds. The smallest absolute Gasteiger partial charge is 0.0108 e. The molecule has 0 spiro atoms. The van der Waals surface area contributed by atoms with Gasteiger partial charge in [0.25, 0.3) is 0 Å². The van der Waals surface area contributed by atoms with Gasteiger partial charge in [0.15, 0.2) is 0 Å². The van der Waals surface area contributed by atoms with E-state index in [2.05, 4.69) is 31.2 Å². The van der Waals surface area contributed by atoms with Gasteiger partial charge < -0.3 is 5.73 Å². The molecule has 0 aromatic rings. The summed E-state index contributed by atoms with van der Waals surface area (Å²) in [5.74, 6) is 2.17. The van der Waals surface area contributed by atoms with Crippen molar-refractivity contribution in [2.24, 2.45) is 23.5 Å². The van der Waals surface area contributed by atoms with Crippen molar-refractivity contribution in [3.05, 3.63) is 24.3 Å². The van der Waals surface area contributed by atoms with E-state index >= 15 is 0 Å². The SMILES string of the molecule is CC1C=CCC(C2C=CCCC2N)C1. The van der Waals surface area contributed by atoms with Crippen LogP contribution in [0.25, 0.3) is 0 Å². The van der Waals surface area contributed by atoms with E-state index in [1.54, 1.807) is 0 Å². The van der Waals surface area contributed by atoms with E-state index in [-0.39, 0.29) is 0 Å². The summed E-state index contributed by atoms with van der Waals surface area (Å²) in [4.78, 5) is 0. The van der Waals surface area contributed by atoms with Crippen molar-refractivity contribution in [2.45, 2.75) is 38.6 Å². The van der Waals surface area contributed by atoms with Crippen molar-refractivity contribution in [1.82, 2.24) is 0 Å². The quantitative estimate of drug-likeness (QED) is 0.634. The number of allylic oxidation sites excluding steroid dienone is 3. The Morgan fingerprint density at radius 1 is 1.21 bits per heavy atom. The molecule has 0 saturated heterocycles. The maximum atomic E-state index is 6.18. The molecule has 2 aliphatic carbocycles. The average Bonchev–Trinajstić information content (AvgIpc) is 2.18. The van der Waals surface area contributed by atoms with Crippen molar-refractivity contribution < 1.29 is 0 Å². The molecule has 0 bridgehead atoms. The molecule has 0 heterocycles. The Morgan fingerprint density at radius 2 is 2.07 bits per heavy atom. The minimum absolute atomic E-state index is 0.406. The van der Waals surface area contributed by atoms with Gasteiger partial charge in [-0.15, -0.1) is 0 Å². The second-order valence-corrected chi connectivity index (χ2v) is 4.88. The Balaban J connectivity index is 2.03. The zero-order valence-corrected chi connectivity index (χ0v) is 9.02. The summed E-state index contributed by atoms with van der Waals surface area (Å²) in [6.45, 7) is 2.31. The van der Waals surface area contributed by atoms with Crippen LogP contribution in [0.2, 0.25) is 0 Å². The van der Waals surface area contributed by atoms with Crippen molar-refractivity contribution in [3.63, 3.8) is 0 Å². The molecule has 4 atom stereocenters. The monoisotopic (exact) mass is 191 g/mol. The summed E-state index contributed by atoms with van der Waals surface area (Å²) < 4.78 is 0. The molecule has 0 aromatic heterocycles. The highest BCUT2D eigenvalue weighted by Crippen LogP contribution is 2.34. The first-order valence-electron chi connectivity index (χ1n) is 5.86. The molecule has 1 heteroatoms. The van der Waals surface area contributed by atoms with Crippen LogP contribution in [0, 0.1) is 17.8 Å². The molecule has 2 N–H and O–H groups in total. The van der Waals surface area contributed by atoms with Gasteiger partial charge in [-0.3, -0.25) is 0 Å². The van der Waals surface area contributed by atoms with E-state index < -0.39 is 0 Å². The molecular weight excluding hydrogens is 170 g/mol. The Morgan fingerprint density at radius 3 is 2.79 bits per heavy atom. The summed E-state index contributed by atoms with van der Waals surface area (Å²) in [7, 11) is 0. The molecule has 14 heavy (non-hydrogen) atoms. The summed E-state index contributed by atoms with van der Waals surface area (Å²) in [5, 5.41) is 0. The Bertz CT molecular complexity index is 242. The van der Waals surface area contributed by atoms with Crippen molar-refractivity contribution in [1.29, 1.82) is 0 Å². The number of hydrogen-bond acceptors (Lipinski definition) is 1. The minimum atomic E-state index is 0.406. The van der Waals surface area contributed by atoms with Gasteiger partial charge in [0.05, 0.1) is 0 Å². The fourth-order valence-corrected chi connectivity index (χ4v) is 2.84. The summed E-state index contributed by atoms with van der Waals surface area (Å²) >= 11 is 0. The standard InChI is InChI=1S/C13H21N/c1-10-5-4-6-11(9-10)12-7-2-3-8-13(12)14/h2,4-5,7,10-13H,3,6,8-9,14H2,1H3. The maximum absolute atomic E-state index is 6.18. The lowest BCUT2D eigenvalue weighted by atomic mass is 9.73. The Kier molecular flexibility index (Phi) is 3.07. The van der Waals surface area contributed by atoms with E-state index in [0.717, 1.165) is 11.8 Å². The van der Waals surface area contributed by atoms with Crippen LogP contribution in [0.4, 0.5) is 0 Å². The van der Waals surface area contributed by atoms with Gasteiger partial charge in [-0.1, -0.05) is 31.2 Å². The van der Waals surface area contributed by atoms with Gasteiger partial charge in [0.2, 0.25) is 0 Å². The van der Waals surface area contributed by atoms with E-state index in [1.165, 1.54) is 25.7 Å². The zero-order chi connectivity index (χ0) is 9.97. The van der Waals surface area contributed by atoms with Crippen LogP contribution >= 0.6 is 0 Å². The van der Waals surface area contributed by atoms with Crippen molar-refractivity contribution in [2.75, 3.05) is 0 Å². The molecule has 2 aliphatic rings. The van der Waals surface area contributed by atoms with Crippen molar-refractivity contribution in [3.8, 4) is 0 Å². The Labute approximate surface area is 87.1 Å². The van der Waals surface area contributed by atoms with E-state index in [9.17, 15) is 0 Å². The topological polar surface area (TPSA) is 26.0 Å². The highest BCUT2D eigenvalue weighted by Gasteiger charge is 2.28. The van der Waals surface area contributed by atoms with Gasteiger partial charge in [0, 0.05) is 6.04 Å². The number of hydrogen-bond donors (Lipinski definition) is 1. The van der Waals surface area contributed by atoms with E-state index in [4.69, 9.17) is 5.73 Å². The van der Waals surface area contributed by atoms with Gasteiger partial charge in [-0.2, -0.15) is 0 Å². The lowest BCUT2D eigenvalue weighted by Gasteiger charge is -2.34. The summed E-state index contributed by atoms with van der Waals surface area (Å²) in [5.41, 5.74) is 6.18. The number of rotatable bonds is 1. The maximum Gasteiger partial charge on any atom is 0.0108 e. The fraction of sp³-hybridized carbons (Fsp3) is 0.692. The third-order valence-electron chi connectivity index (χ3n) is 3.64. The van der Waals surface area contributed by atoms with E-state index in [1.807, 2.05) is 0 Å². The second kappa shape index (κ2) is 4.31. The first-order valence-corrected chi connectivity index (χ1v) is 5.86. The molecule has 0 fully saturated rings. The number of nitrogens with two attached hydrogens (primary N) is 1. The lowest BCUT2D eigenvalue weighted by Crippen LogP contribution is -2.36. The van der Waals surface area contributed by atoms with Gasteiger partial charge >= 0.3 is 0 Å². The molecule has 4 unspecified atom stereocenters. The molecule has 78 valence electrons. The highest BCUT2D eigenvalue weighted by molar-refractivity contribution is 5.06.